The molecular weight excluding hydrogens is 334 g/mol. The van der Waals surface area contributed by atoms with Crippen LogP contribution in [0.4, 0.5) is 5.69 Å². The minimum absolute atomic E-state index is 0.00725. The average molecular weight is 348 g/mol. The van der Waals surface area contributed by atoms with Crippen LogP contribution in [0, 0.1) is 0 Å². The highest BCUT2D eigenvalue weighted by atomic mass is 35.5. The number of aromatic hydroxyl groups is 1. The molecule has 0 bridgehead atoms. The second-order valence-electron chi connectivity index (χ2n) is 4.56. The topological polar surface area (TPSA) is 100 Å². The number of rotatable bonds is 4. The van der Waals surface area contributed by atoms with E-state index in [-0.39, 0.29) is 5.75 Å². The Bertz CT molecular complexity index is 793. The third kappa shape index (κ3) is 4.47. The molecule has 0 aromatic heterocycles. The molecule has 8 heteroatoms. The maximum Gasteiger partial charge on any atom is 0.329 e. The van der Waals surface area contributed by atoms with Crippen molar-refractivity contribution in [3.8, 4) is 11.5 Å². The number of hydrazone groups is 1. The smallest absolute Gasteiger partial charge is 0.329 e. The van der Waals surface area contributed by atoms with Crippen LogP contribution < -0.4 is 15.5 Å². The number of anilines is 1. The molecule has 0 fully saturated rings. The fourth-order valence-electron chi connectivity index (χ4n) is 1.74. The predicted molar refractivity (Wildman–Crippen MR) is 90.5 cm³/mol. The number of methoxy groups -OCH3 is 1. The molecule has 2 rings (SSSR count). The van der Waals surface area contributed by atoms with Crippen LogP contribution in [0.15, 0.2) is 47.6 Å². The van der Waals surface area contributed by atoms with Gasteiger partial charge in [-0.15, -0.1) is 0 Å². The molecule has 2 amide bonds. The standard InChI is InChI=1S/C16H14ClN3O4/c1-24-14-7-6-11(8-12(14)17)19-15(22)16(23)20-18-9-10-4-2-3-5-13(10)21/h2-9,21H,1H3,(H,19,22)(H,20,23)/b18-9-. The van der Waals surface area contributed by atoms with E-state index in [0.29, 0.717) is 22.0 Å². The maximum atomic E-state index is 11.8. The zero-order valence-electron chi connectivity index (χ0n) is 12.6. The van der Waals surface area contributed by atoms with Crippen molar-refractivity contribution >= 4 is 35.3 Å². The first kappa shape index (κ1) is 17.3. The lowest BCUT2D eigenvalue weighted by Crippen LogP contribution is -2.32. The summed E-state index contributed by atoms with van der Waals surface area (Å²) in [6.45, 7) is 0. The predicted octanol–water partition coefficient (Wildman–Crippen LogP) is 2.14. The van der Waals surface area contributed by atoms with E-state index in [2.05, 4.69) is 15.8 Å². The molecule has 2 aromatic carbocycles. The van der Waals surface area contributed by atoms with Gasteiger partial charge in [0.2, 0.25) is 0 Å². The van der Waals surface area contributed by atoms with E-state index in [1.807, 2.05) is 0 Å². The molecule has 0 aliphatic rings. The molecule has 3 N–H and O–H groups in total. The van der Waals surface area contributed by atoms with Crippen LogP contribution in [0.5, 0.6) is 11.5 Å². The molecule has 0 spiro atoms. The number of amides is 2. The number of phenolic OH excluding ortho intramolecular Hbond substituents is 1. The minimum Gasteiger partial charge on any atom is -0.507 e. The van der Waals surface area contributed by atoms with Gasteiger partial charge in [0, 0.05) is 11.3 Å². The minimum atomic E-state index is -0.964. The van der Waals surface area contributed by atoms with Crippen molar-refractivity contribution in [2.24, 2.45) is 5.10 Å². The molecule has 0 aliphatic carbocycles. The Morgan fingerprint density at radius 3 is 2.62 bits per heavy atom. The summed E-state index contributed by atoms with van der Waals surface area (Å²) < 4.78 is 4.99. The number of phenols is 1. The van der Waals surface area contributed by atoms with Gasteiger partial charge in [-0.05, 0) is 30.3 Å². The summed E-state index contributed by atoms with van der Waals surface area (Å²) in [5.41, 5.74) is 2.81. The number of nitrogens with zero attached hydrogens (tertiary/aromatic N) is 1. The summed E-state index contributed by atoms with van der Waals surface area (Å²) in [6, 6.07) is 11.0. The van der Waals surface area contributed by atoms with Crippen LogP contribution in [0.2, 0.25) is 5.02 Å². The van der Waals surface area contributed by atoms with Gasteiger partial charge in [-0.1, -0.05) is 23.7 Å². The van der Waals surface area contributed by atoms with Gasteiger partial charge in [-0.3, -0.25) is 9.59 Å². The highest BCUT2D eigenvalue weighted by Gasteiger charge is 2.13. The Morgan fingerprint density at radius 1 is 1.21 bits per heavy atom. The van der Waals surface area contributed by atoms with E-state index in [4.69, 9.17) is 16.3 Å². The Hall–Kier alpha value is -3.06. The van der Waals surface area contributed by atoms with E-state index in [1.54, 1.807) is 30.3 Å². The Morgan fingerprint density at radius 2 is 1.96 bits per heavy atom. The van der Waals surface area contributed by atoms with Crippen LogP contribution in [-0.4, -0.2) is 30.2 Å². The van der Waals surface area contributed by atoms with E-state index < -0.39 is 11.8 Å². The van der Waals surface area contributed by atoms with E-state index in [9.17, 15) is 14.7 Å². The number of ether oxygens (including phenoxy) is 1. The second-order valence-corrected chi connectivity index (χ2v) is 4.97. The van der Waals surface area contributed by atoms with Crippen molar-refractivity contribution in [3.05, 3.63) is 53.1 Å². The Labute approximate surface area is 142 Å². The number of nitrogens with one attached hydrogen (secondary N) is 2. The van der Waals surface area contributed by atoms with E-state index >= 15 is 0 Å². The normalized spacial score (nSPS) is 10.4. The van der Waals surface area contributed by atoms with Crippen LogP contribution in [0.1, 0.15) is 5.56 Å². The molecule has 0 aliphatic heterocycles. The van der Waals surface area contributed by atoms with Crippen molar-refractivity contribution < 1.29 is 19.4 Å². The lowest BCUT2D eigenvalue weighted by Gasteiger charge is -2.07. The monoisotopic (exact) mass is 347 g/mol. The molecule has 0 saturated carbocycles. The summed E-state index contributed by atoms with van der Waals surface area (Å²) in [7, 11) is 1.47. The van der Waals surface area contributed by atoms with Gasteiger partial charge in [0.1, 0.15) is 11.5 Å². The summed E-state index contributed by atoms with van der Waals surface area (Å²) >= 11 is 5.93. The number of para-hydroxylation sites is 1. The number of hydrogen-bond donors (Lipinski definition) is 3. The van der Waals surface area contributed by atoms with Crippen LogP contribution in [0.3, 0.4) is 0 Å². The zero-order valence-corrected chi connectivity index (χ0v) is 13.4. The van der Waals surface area contributed by atoms with Crippen molar-refractivity contribution in [2.45, 2.75) is 0 Å². The lowest BCUT2D eigenvalue weighted by atomic mass is 10.2. The van der Waals surface area contributed by atoms with E-state index in [0.717, 1.165) is 0 Å². The molecule has 0 saturated heterocycles. The summed E-state index contributed by atoms with van der Waals surface area (Å²) in [5, 5.41) is 15.8. The molecule has 124 valence electrons. The van der Waals surface area contributed by atoms with Gasteiger partial charge in [-0.25, -0.2) is 5.43 Å². The van der Waals surface area contributed by atoms with Gasteiger partial charge in [0.25, 0.3) is 0 Å². The fraction of sp³-hybridized carbons (Fsp3) is 0.0625. The molecule has 0 unspecified atom stereocenters. The number of hydrogen-bond acceptors (Lipinski definition) is 5. The zero-order chi connectivity index (χ0) is 17.5. The summed E-state index contributed by atoms with van der Waals surface area (Å²) in [6.07, 6.45) is 1.23. The lowest BCUT2D eigenvalue weighted by molar-refractivity contribution is -0.136. The maximum absolute atomic E-state index is 11.8. The van der Waals surface area contributed by atoms with Crippen molar-refractivity contribution in [1.29, 1.82) is 0 Å². The molecule has 0 radical (unpaired) electrons. The van der Waals surface area contributed by atoms with Gasteiger partial charge < -0.3 is 15.2 Å². The quantitative estimate of drug-likeness (QED) is 0.448. The molecule has 0 heterocycles. The first-order chi connectivity index (χ1) is 11.5. The molecule has 0 atom stereocenters. The SMILES string of the molecule is COc1ccc(NC(=O)C(=O)N/N=C\c2ccccc2O)cc1Cl. The van der Waals surface area contributed by atoms with Crippen molar-refractivity contribution in [1.82, 2.24) is 5.43 Å². The largest absolute Gasteiger partial charge is 0.507 e. The van der Waals surface area contributed by atoms with Gasteiger partial charge >= 0.3 is 11.8 Å². The van der Waals surface area contributed by atoms with Crippen LogP contribution >= 0.6 is 11.6 Å². The van der Waals surface area contributed by atoms with Gasteiger partial charge in [0.05, 0.1) is 18.3 Å². The third-order valence-electron chi connectivity index (χ3n) is 2.92. The first-order valence-corrected chi connectivity index (χ1v) is 7.15. The van der Waals surface area contributed by atoms with Crippen LogP contribution in [0.25, 0.3) is 0 Å². The number of halogens is 1. The van der Waals surface area contributed by atoms with E-state index in [1.165, 1.54) is 25.5 Å². The average Bonchev–Trinajstić information content (AvgIpc) is 2.56. The second kappa shape index (κ2) is 7.98. The molecule has 24 heavy (non-hydrogen) atoms. The number of carbonyl (C=O) groups is 2. The summed E-state index contributed by atoms with van der Waals surface area (Å²) in [5.74, 6) is -1.42. The molecule has 2 aromatic rings. The Kier molecular flexibility index (Phi) is 5.75. The third-order valence-corrected chi connectivity index (χ3v) is 3.22. The highest BCUT2D eigenvalue weighted by molar-refractivity contribution is 6.40. The van der Waals surface area contributed by atoms with Gasteiger partial charge in [-0.2, -0.15) is 5.10 Å². The van der Waals surface area contributed by atoms with Crippen molar-refractivity contribution in [2.75, 3.05) is 12.4 Å². The number of benzene rings is 2. The molecule has 7 nitrogen and oxygen atoms in total. The highest BCUT2D eigenvalue weighted by Crippen LogP contribution is 2.27. The van der Waals surface area contributed by atoms with Gasteiger partial charge in [0.15, 0.2) is 0 Å². The Balaban J connectivity index is 1.94. The summed E-state index contributed by atoms with van der Waals surface area (Å²) in [4.78, 5) is 23.4. The fourth-order valence-corrected chi connectivity index (χ4v) is 2.00. The van der Waals surface area contributed by atoms with Crippen molar-refractivity contribution in [3.63, 3.8) is 0 Å². The number of carbonyl (C=O) groups excluding carboxylic acids is 2. The first-order valence-electron chi connectivity index (χ1n) is 6.77. The van der Waals surface area contributed by atoms with Crippen LogP contribution in [-0.2, 0) is 9.59 Å². The molecular formula is C16H14ClN3O4.